The highest BCUT2D eigenvalue weighted by molar-refractivity contribution is 7.11. The van der Waals surface area contributed by atoms with Crippen molar-refractivity contribution in [2.24, 2.45) is 0 Å². The summed E-state index contributed by atoms with van der Waals surface area (Å²) in [6.07, 6.45) is 0. The Labute approximate surface area is 169 Å². The van der Waals surface area contributed by atoms with Gasteiger partial charge in [0.1, 0.15) is 17.4 Å². The minimum Gasteiger partial charge on any atom is -0.463 e. The Morgan fingerprint density at radius 1 is 1.43 bits per heavy atom. The third kappa shape index (κ3) is 3.65. The minimum absolute atomic E-state index is 0.00798. The lowest BCUT2D eigenvalue weighted by molar-refractivity contribution is -0.428. The van der Waals surface area contributed by atoms with Crippen molar-refractivity contribution in [1.82, 2.24) is 5.32 Å². The fourth-order valence-electron chi connectivity index (χ4n) is 3.14. The molecule has 9 heteroatoms. The van der Waals surface area contributed by atoms with Crippen LogP contribution in [0.2, 0.25) is 5.02 Å². The van der Waals surface area contributed by atoms with Gasteiger partial charge in [-0.1, -0.05) is 23.7 Å². The summed E-state index contributed by atoms with van der Waals surface area (Å²) in [5.74, 6) is -2.38. The molecule has 1 aliphatic rings. The van der Waals surface area contributed by atoms with Gasteiger partial charge in [0.2, 0.25) is 0 Å². The van der Waals surface area contributed by atoms with Crippen molar-refractivity contribution in [1.29, 1.82) is 0 Å². The van der Waals surface area contributed by atoms with Crippen molar-refractivity contribution >= 4 is 34.6 Å². The number of ether oxygens (including phenoxy) is 1. The van der Waals surface area contributed by atoms with Gasteiger partial charge in [-0.3, -0.25) is 10.1 Å². The molecule has 2 heterocycles. The molecule has 1 atom stereocenters. The number of esters is 1. The maximum Gasteiger partial charge on any atom is 0.336 e. The van der Waals surface area contributed by atoms with Gasteiger partial charge in [0, 0.05) is 10.7 Å². The summed E-state index contributed by atoms with van der Waals surface area (Å²) in [6, 6.07) is 7.09. The largest absolute Gasteiger partial charge is 0.463 e. The molecule has 1 aliphatic heterocycles. The molecule has 2 aromatic rings. The molecule has 28 heavy (non-hydrogen) atoms. The van der Waals surface area contributed by atoms with E-state index < -0.39 is 22.6 Å². The van der Waals surface area contributed by atoms with E-state index in [0.717, 1.165) is 12.1 Å². The van der Waals surface area contributed by atoms with Gasteiger partial charge in [0.05, 0.1) is 22.0 Å². The molecular formula is C19H16ClFN2O4S. The van der Waals surface area contributed by atoms with Gasteiger partial charge in [-0.05, 0) is 43.0 Å². The quantitative estimate of drug-likeness (QED) is 0.428. The lowest BCUT2D eigenvalue weighted by atomic mass is 9.83. The zero-order valence-corrected chi connectivity index (χ0v) is 16.6. The Bertz CT molecular complexity index is 1000. The molecule has 1 N–H and O–H groups in total. The van der Waals surface area contributed by atoms with Crippen molar-refractivity contribution in [3.8, 4) is 0 Å². The Morgan fingerprint density at radius 2 is 2.18 bits per heavy atom. The fraction of sp³-hybridized carbons (Fsp3) is 0.211. The van der Waals surface area contributed by atoms with Crippen LogP contribution in [-0.2, 0) is 9.53 Å². The smallest absolute Gasteiger partial charge is 0.336 e. The van der Waals surface area contributed by atoms with Gasteiger partial charge >= 0.3 is 5.97 Å². The molecule has 0 fully saturated rings. The lowest BCUT2D eigenvalue weighted by Gasteiger charge is -2.27. The predicted molar refractivity (Wildman–Crippen MR) is 105 cm³/mol. The average molecular weight is 423 g/mol. The van der Waals surface area contributed by atoms with Crippen LogP contribution in [-0.4, -0.2) is 17.5 Å². The highest BCUT2D eigenvalue weighted by Crippen LogP contribution is 2.44. The van der Waals surface area contributed by atoms with Crippen LogP contribution in [0, 0.1) is 15.9 Å². The topological polar surface area (TPSA) is 81.5 Å². The number of carbonyl (C=O) groups excluding carboxylic acids is 1. The number of carbonyl (C=O) groups is 1. The minimum atomic E-state index is -1.11. The second-order valence-electron chi connectivity index (χ2n) is 5.98. The van der Waals surface area contributed by atoms with E-state index in [1.54, 1.807) is 31.4 Å². The maximum atomic E-state index is 13.6. The number of halogens is 2. The monoisotopic (exact) mass is 422 g/mol. The molecule has 0 radical (unpaired) electrons. The third-order valence-electron chi connectivity index (χ3n) is 4.27. The van der Waals surface area contributed by atoms with Crippen LogP contribution in [0.3, 0.4) is 0 Å². The van der Waals surface area contributed by atoms with Gasteiger partial charge in [0.25, 0.3) is 5.70 Å². The summed E-state index contributed by atoms with van der Waals surface area (Å²) in [7, 11) is 0. The van der Waals surface area contributed by atoms with E-state index in [1.807, 2.05) is 0 Å². The summed E-state index contributed by atoms with van der Waals surface area (Å²) < 4.78 is 18.7. The number of benzene rings is 1. The first-order valence-electron chi connectivity index (χ1n) is 8.37. The molecule has 0 spiro atoms. The molecule has 1 unspecified atom stereocenters. The number of allylic oxidation sites excluding steroid dienone is 2. The fourth-order valence-corrected chi connectivity index (χ4v) is 4.15. The molecule has 0 saturated heterocycles. The van der Waals surface area contributed by atoms with E-state index in [-0.39, 0.29) is 34.2 Å². The van der Waals surface area contributed by atoms with Crippen molar-refractivity contribution in [3.05, 3.63) is 84.1 Å². The van der Waals surface area contributed by atoms with Crippen LogP contribution in [0.4, 0.5) is 4.39 Å². The number of hydrogen-bond acceptors (Lipinski definition) is 6. The normalized spacial score (nSPS) is 16.8. The first-order valence-corrected chi connectivity index (χ1v) is 9.63. The maximum absolute atomic E-state index is 13.6. The van der Waals surface area contributed by atoms with E-state index in [4.69, 9.17) is 16.3 Å². The molecule has 0 amide bonds. The van der Waals surface area contributed by atoms with Crippen molar-refractivity contribution in [2.75, 3.05) is 6.61 Å². The average Bonchev–Trinajstić information content (AvgIpc) is 3.15. The summed E-state index contributed by atoms with van der Waals surface area (Å²) >= 11 is 7.54. The Balaban J connectivity index is 2.30. The number of nitrogens with zero attached hydrogens (tertiary/aromatic N) is 1. The van der Waals surface area contributed by atoms with Crippen molar-refractivity contribution < 1.29 is 18.8 Å². The molecule has 3 rings (SSSR count). The van der Waals surface area contributed by atoms with Crippen LogP contribution in [0.5, 0.6) is 0 Å². The summed E-state index contributed by atoms with van der Waals surface area (Å²) in [5.41, 5.74) is 0.772. The van der Waals surface area contributed by atoms with Crippen LogP contribution < -0.4 is 5.32 Å². The standard InChI is InChI=1S/C19H16ClFN2O4S/c1-3-27-19(24)15-10(2)22-17(14-5-4-8-28-14)18(23(25)26)16(15)12-7-6-11(21)9-13(12)20/h4-9,16,22H,3H2,1-2H3. The lowest BCUT2D eigenvalue weighted by Crippen LogP contribution is -2.31. The predicted octanol–water partition coefficient (Wildman–Crippen LogP) is 4.71. The van der Waals surface area contributed by atoms with Gasteiger partial charge in [-0.25, -0.2) is 9.18 Å². The number of rotatable bonds is 5. The molecule has 0 saturated carbocycles. The van der Waals surface area contributed by atoms with Crippen LogP contribution in [0.1, 0.15) is 30.2 Å². The molecule has 1 aromatic heterocycles. The molecule has 0 bridgehead atoms. The summed E-state index contributed by atoms with van der Waals surface area (Å²) in [6.45, 7) is 3.39. The molecule has 146 valence electrons. The van der Waals surface area contributed by atoms with Gasteiger partial charge in [-0.2, -0.15) is 0 Å². The number of thiophene rings is 1. The van der Waals surface area contributed by atoms with Crippen LogP contribution in [0.25, 0.3) is 5.70 Å². The number of nitrogens with one attached hydrogen (secondary N) is 1. The van der Waals surface area contributed by atoms with E-state index in [0.29, 0.717) is 10.6 Å². The van der Waals surface area contributed by atoms with E-state index in [9.17, 15) is 19.3 Å². The third-order valence-corrected chi connectivity index (χ3v) is 5.48. The Morgan fingerprint density at radius 3 is 2.75 bits per heavy atom. The van der Waals surface area contributed by atoms with Gasteiger partial charge in [-0.15, -0.1) is 11.3 Å². The first kappa shape index (κ1) is 20.0. The molecule has 0 aliphatic carbocycles. The zero-order chi connectivity index (χ0) is 20.4. The van der Waals surface area contributed by atoms with Crippen molar-refractivity contribution in [2.45, 2.75) is 19.8 Å². The highest BCUT2D eigenvalue weighted by Gasteiger charge is 2.43. The number of nitro groups is 1. The number of dihydropyridines is 1. The highest BCUT2D eigenvalue weighted by atomic mass is 35.5. The SMILES string of the molecule is CCOC(=O)C1=C(C)NC(c2cccs2)=C([N+](=O)[O-])C1c1ccc(F)cc1Cl. The number of hydrogen-bond donors (Lipinski definition) is 1. The first-order chi connectivity index (χ1) is 13.3. The van der Waals surface area contributed by atoms with Gasteiger partial charge in [0.15, 0.2) is 0 Å². The Kier molecular flexibility index (Phi) is 5.81. The molecular weight excluding hydrogens is 407 g/mol. The Hall–Kier alpha value is -2.71. The van der Waals surface area contributed by atoms with E-state index in [2.05, 4.69) is 5.32 Å². The van der Waals surface area contributed by atoms with Crippen molar-refractivity contribution in [3.63, 3.8) is 0 Å². The van der Waals surface area contributed by atoms with Gasteiger partial charge < -0.3 is 10.1 Å². The summed E-state index contributed by atoms with van der Waals surface area (Å²) in [4.78, 5) is 24.8. The molecule has 6 nitrogen and oxygen atoms in total. The second-order valence-corrected chi connectivity index (χ2v) is 7.33. The van der Waals surface area contributed by atoms with Crippen LogP contribution in [0.15, 0.2) is 52.7 Å². The zero-order valence-electron chi connectivity index (χ0n) is 15.0. The van der Waals surface area contributed by atoms with E-state index in [1.165, 1.54) is 17.4 Å². The second kappa shape index (κ2) is 8.12. The van der Waals surface area contributed by atoms with E-state index >= 15 is 0 Å². The molecule has 1 aromatic carbocycles. The van der Waals surface area contributed by atoms with Crippen LogP contribution >= 0.6 is 22.9 Å². The summed E-state index contributed by atoms with van der Waals surface area (Å²) in [5, 5.41) is 16.8.